The van der Waals surface area contributed by atoms with Crippen molar-refractivity contribution in [1.82, 2.24) is 20.5 Å². The summed E-state index contributed by atoms with van der Waals surface area (Å²) in [5.74, 6) is 2.63. The molecule has 1 aliphatic carbocycles. The van der Waals surface area contributed by atoms with E-state index in [9.17, 15) is 0 Å². The van der Waals surface area contributed by atoms with E-state index >= 15 is 0 Å². The van der Waals surface area contributed by atoms with Crippen LogP contribution in [0.1, 0.15) is 44.3 Å². The Labute approximate surface area is 90.9 Å². The first-order chi connectivity index (χ1) is 7.29. The van der Waals surface area contributed by atoms with Crippen molar-refractivity contribution in [2.45, 2.75) is 52.1 Å². The fourth-order valence-corrected chi connectivity index (χ4v) is 2.48. The fraction of sp³-hybridized carbons (Fsp3) is 0.818. The maximum atomic E-state index is 4.29. The van der Waals surface area contributed by atoms with Crippen LogP contribution in [-0.2, 0) is 6.54 Å². The van der Waals surface area contributed by atoms with Crippen LogP contribution in [0, 0.1) is 12.8 Å². The summed E-state index contributed by atoms with van der Waals surface area (Å²) in [5, 5.41) is 10.6. The Morgan fingerprint density at radius 1 is 1.47 bits per heavy atom. The van der Waals surface area contributed by atoms with Gasteiger partial charge < -0.3 is 5.32 Å². The summed E-state index contributed by atoms with van der Waals surface area (Å²) >= 11 is 0. The zero-order chi connectivity index (χ0) is 10.7. The molecule has 0 amide bonds. The number of hydrogen-bond donors (Lipinski definition) is 2. The monoisotopic (exact) mass is 208 g/mol. The fourth-order valence-electron chi connectivity index (χ4n) is 2.48. The average Bonchev–Trinajstić information content (AvgIpc) is 2.83. The molecule has 84 valence electrons. The summed E-state index contributed by atoms with van der Waals surface area (Å²) in [4.78, 5) is 4.29. The van der Waals surface area contributed by atoms with Crippen LogP contribution in [0.25, 0.3) is 0 Å². The normalized spacial score (nSPS) is 26.0. The molecular formula is C11H20N4. The van der Waals surface area contributed by atoms with Crippen LogP contribution in [0.15, 0.2) is 0 Å². The second-order valence-electron chi connectivity index (χ2n) is 4.42. The van der Waals surface area contributed by atoms with E-state index in [1.807, 2.05) is 6.92 Å². The van der Waals surface area contributed by atoms with E-state index in [-0.39, 0.29) is 0 Å². The summed E-state index contributed by atoms with van der Waals surface area (Å²) in [6.07, 6.45) is 5.33. The molecule has 2 rings (SSSR count). The second-order valence-corrected chi connectivity index (χ2v) is 4.42. The van der Waals surface area contributed by atoms with Gasteiger partial charge >= 0.3 is 0 Å². The predicted octanol–water partition coefficient (Wildman–Crippen LogP) is 1.78. The van der Waals surface area contributed by atoms with Gasteiger partial charge in [0.25, 0.3) is 0 Å². The van der Waals surface area contributed by atoms with Gasteiger partial charge in [-0.3, -0.25) is 5.10 Å². The Balaban J connectivity index is 1.82. The molecule has 1 aromatic rings. The SMILES string of the molecule is CCC1CCCC1NCc1n[nH]c(C)n1. The van der Waals surface area contributed by atoms with Crippen LogP contribution in [0.5, 0.6) is 0 Å². The highest BCUT2D eigenvalue weighted by Gasteiger charge is 2.25. The minimum absolute atomic E-state index is 0.675. The summed E-state index contributed by atoms with van der Waals surface area (Å²) < 4.78 is 0. The molecule has 1 saturated carbocycles. The third-order valence-electron chi connectivity index (χ3n) is 3.35. The van der Waals surface area contributed by atoms with Crippen molar-refractivity contribution in [3.8, 4) is 0 Å². The van der Waals surface area contributed by atoms with E-state index in [0.717, 1.165) is 24.1 Å². The lowest BCUT2D eigenvalue weighted by Gasteiger charge is -2.18. The van der Waals surface area contributed by atoms with E-state index < -0.39 is 0 Å². The van der Waals surface area contributed by atoms with Crippen molar-refractivity contribution >= 4 is 0 Å². The van der Waals surface area contributed by atoms with Crippen LogP contribution < -0.4 is 5.32 Å². The highest BCUT2D eigenvalue weighted by molar-refractivity contribution is 4.89. The Bertz CT molecular complexity index is 307. The molecule has 1 heterocycles. The van der Waals surface area contributed by atoms with E-state index in [1.165, 1.54) is 25.7 Å². The molecule has 0 saturated heterocycles. The molecule has 0 bridgehead atoms. The van der Waals surface area contributed by atoms with E-state index in [2.05, 4.69) is 27.4 Å². The zero-order valence-electron chi connectivity index (χ0n) is 9.58. The van der Waals surface area contributed by atoms with Gasteiger partial charge in [0, 0.05) is 6.04 Å². The average molecular weight is 208 g/mol. The number of hydrogen-bond acceptors (Lipinski definition) is 3. The Kier molecular flexibility index (Phi) is 3.36. The lowest BCUT2D eigenvalue weighted by molar-refractivity contribution is 0.386. The third kappa shape index (κ3) is 2.56. The van der Waals surface area contributed by atoms with Crippen molar-refractivity contribution in [1.29, 1.82) is 0 Å². The molecule has 2 atom stereocenters. The van der Waals surface area contributed by atoms with Crippen molar-refractivity contribution < 1.29 is 0 Å². The molecule has 4 nitrogen and oxygen atoms in total. The number of aromatic amines is 1. The molecule has 0 radical (unpaired) electrons. The van der Waals surface area contributed by atoms with Crippen LogP contribution in [0.2, 0.25) is 0 Å². The number of nitrogens with one attached hydrogen (secondary N) is 2. The summed E-state index contributed by atoms with van der Waals surface area (Å²) in [7, 11) is 0. The maximum Gasteiger partial charge on any atom is 0.164 e. The van der Waals surface area contributed by atoms with Crippen molar-refractivity contribution in [3.63, 3.8) is 0 Å². The zero-order valence-corrected chi connectivity index (χ0v) is 9.58. The molecule has 2 unspecified atom stereocenters. The third-order valence-corrected chi connectivity index (χ3v) is 3.35. The van der Waals surface area contributed by atoms with Gasteiger partial charge in [0.15, 0.2) is 5.82 Å². The Hall–Kier alpha value is -0.900. The van der Waals surface area contributed by atoms with E-state index in [4.69, 9.17) is 0 Å². The lowest BCUT2D eigenvalue weighted by atomic mass is 10.0. The van der Waals surface area contributed by atoms with Crippen LogP contribution >= 0.6 is 0 Å². The lowest BCUT2D eigenvalue weighted by Crippen LogP contribution is -2.31. The van der Waals surface area contributed by atoms with Crippen LogP contribution in [0.3, 0.4) is 0 Å². The molecule has 1 aliphatic rings. The minimum Gasteiger partial charge on any atom is -0.307 e. The van der Waals surface area contributed by atoms with Crippen molar-refractivity contribution in [2.24, 2.45) is 5.92 Å². The van der Waals surface area contributed by atoms with Gasteiger partial charge in [0.05, 0.1) is 6.54 Å². The van der Waals surface area contributed by atoms with Gasteiger partial charge in [0.1, 0.15) is 5.82 Å². The molecule has 4 heteroatoms. The number of aromatic nitrogens is 3. The molecule has 2 N–H and O–H groups in total. The second kappa shape index (κ2) is 4.75. The van der Waals surface area contributed by atoms with Gasteiger partial charge in [-0.2, -0.15) is 5.10 Å². The Morgan fingerprint density at radius 2 is 2.33 bits per heavy atom. The quantitative estimate of drug-likeness (QED) is 0.793. The summed E-state index contributed by atoms with van der Waals surface area (Å²) in [6.45, 7) is 5.01. The largest absolute Gasteiger partial charge is 0.307 e. The van der Waals surface area contributed by atoms with Gasteiger partial charge in [-0.1, -0.05) is 19.8 Å². The van der Waals surface area contributed by atoms with Gasteiger partial charge in [-0.25, -0.2) is 4.98 Å². The predicted molar refractivity (Wildman–Crippen MR) is 59.4 cm³/mol. The molecule has 0 aromatic carbocycles. The first kappa shape index (κ1) is 10.6. The van der Waals surface area contributed by atoms with Gasteiger partial charge in [0.2, 0.25) is 0 Å². The highest BCUT2D eigenvalue weighted by Crippen LogP contribution is 2.28. The van der Waals surface area contributed by atoms with Crippen LogP contribution in [-0.4, -0.2) is 21.2 Å². The maximum absolute atomic E-state index is 4.29. The molecule has 1 fully saturated rings. The van der Waals surface area contributed by atoms with E-state index in [1.54, 1.807) is 0 Å². The molecule has 0 spiro atoms. The molecule has 1 aromatic heterocycles. The minimum atomic E-state index is 0.675. The first-order valence-electron chi connectivity index (χ1n) is 5.91. The smallest absolute Gasteiger partial charge is 0.164 e. The Morgan fingerprint density at radius 3 is 3.00 bits per heavy atom. The number of H-pyrrole nitrogens is 1. The van der Waals surface area contributed by atoms with Gasteiger partial charge in [-0.15, -0.1) is 0 Å². The molecular weight excluding hydrogens is 188 g/mol. The summed E-state index contributed by atoms with van der Waals surface area (Å²) in [5.41, 5.74) is 0. The number of rotatable bonds is 4. The first-order valence-corrected chi connectivity index (χ1v) is 5.91. The molecule has 15 heavy (non-hydrogen) atoms. The molecule has 0 aliphatic heterocycles. The highest BCUT2D eigenvalue weighted by atomic mass is 15.2. The van der Waals surface area contributed by atoms with Crippen LogP contribution in [0.4, 0.5) is 0 Å². The number of nitrogens with zero attached hydrogens (tertiary/aromatic N) is 2. The van der Waals surface area contributed by atoms with Crippen molar-refractivity contribution in [2.75, 3.05) is 0 Å². The summed E-state index contributed by atoms with van der Waals surface area (Å²) in [6, 6.07) is 0.675. The number of aryl methyl sites for hydroxylation is 1. The van der Waals surface area contributed by atoms with Crippen molar-refractivity contribution in [3.05, 3.63) is 11.6 Å². The van der Waals surface area contributed by atoms with E-state index in [0.29, 0.717) is 6.04 Å². The standard InChI is InChI=1S/C11H20N4/c1-3-9-5-4-6-10(9)12-7-11-13-8(2)14-15-11/h9-10,12H,3-7H2,1-2H3,(H,13,14,15). The van der Waals surface area contributed by atoms with Gasteiger partial charge in [-0.05, 0) is 25.7 Å². The topological polar surface area (TPSA) is 53.6 Å².